The van der Waals surface area contributed by atoms with Crippen LogP contribution in [0.3, 0.4) is 0 Å². The van der Waals surface area contributed by atoms with Crippen LogP contribution >= 0.6 is 11.6 Å². The lowest BCUT2D eigenvalue weighted by Crippen LogP contribution is -2.17. The number of nitrogens with zero attached hydrogens (tertiary/aromatic N) is 3. The first-order chi connectivity index (χ1) is 22.4. The van der Waals surface area contributed by atoms with E-state index in [2.05, 4.69) is 22.7 Å². The molecule has 0 fully saturated rings. The van der Waals surface area contributed by atoms with Gasteiger partial charge in [0.05, 0.1) is 51.4 Å². The number of amides is 1. The van der Waals surface area contributed by atoms with Gasteiger partial charge in [0.2, 0.25) is 5.91 Å². The van der Waals surface area contributed by atoms with Gasteiger partial charge in [-0.25, -0.2) is 10.3 Å². The van der Waals surface area contributed by atoms with Crippen LogP contribution < -0.4 is 24.3 Å². The number of hydrogen-bond acceptors (Lipinski definition) is 6. The minimum Gasteiger partial charge on any atom is -0.496 e. The quantitative estimate of drug-likeness (QED) is 0.124. The van der Waals surface area contributed by atoms with Gasteiger partial charge in [-0.3, -0.25) is 4.79 Å². The van der Waals surface area contributed by atoms with Crippen LogP contribution in [0, 0.1) is 5.92 Å². The summed E-state index contributed by atoms with van der Waals surface area (Å²) in [5.74, 6) is 2.74. The van der Waals surface area contributed by atoms with Gasteiger partial charge >= 0.3 is 0 Å². The molecule has 0 bridgehead atoms. The normalized spacial score (nSPS) is 11.7. The van der Waals surface area contributed by atoms with E-state index in [9.17, 15) is 4.79 Å². The number of fused-ring (bicyclic) bond motifs is 1. The maximum absolute atomic E-state index is 13.0. The number of methoxy groups -OCH3 is 4. The molecule has 0 N–H and O–H groups in total. The molecule has 2 aromatic heterocycles. The van der Waals surface area contributed by atoms with Crippen molar-refractivity contribution < 1.29 is 23.7 Å². The van der Waals surface area contributed by atoms with E-state index in [1.165, 1.54) is 0 Å². The summed E-state index contributed by atoms with van der Waals surface area (Å²) in [6, 6.07) is 23.7. The van der Waals surface area contributed by atoms with Crippen LogP contribution in [0.2, 0.25) is 5.02 Å². The molecule has 1 atom stereocenters. The largest absolute Gasteiger partial charge is 0.496 e. The minimum atomic E-state index is -0.149. The summed E-state index contributed by atoms with van der Waals surface area (Å²) in [5.41, 5.74) is 6.48. The number of aromatic nitrogens is 2. The first kappa shape index (κ1) is 32.7. The highest BCUT2D eigenvalue weighted by Crippen LogP contribution is 2.38. The number of imidazole rings is 1. The number of hydrogen-bond donors (Lipinski definition) is 0. The molecule has 0 aliphatic heterocycles. The zero-order valence-corrected chi connectivity index (χ0v) is 27.6. The van der Waals surface area contributed by atoms with Gasteiger partial charge in [0.15, 0.2) is 11.5 Å². The van der Waals surface area contributed by atoms with Crippen molar-refractivity contribution in [2.24, 2.45) is 5.92 Å². The van der Waals surface area contributed by atoms with Gasteiger partial charge in [-0.05, 0) is 66.3 Å². The van der Waals surface area contributed by atoms with Crippen LogP contribution in [0.4, 0.5) is 0 Å². The lowest BCUT2D eigenvalue weighted by atomic mass is 9.96. The fourth-order valence-electron chi connectivity index (χ4n) is 5.73. The highest BCUT2D eigenvalue weighted by Gasteiger charge is 2.19. The zero-order valence-electron chi connectivity index (χ0n) is 26.9. The van der Waals surface area contributed by atoms with E-state index in [1.54, 1.807) is 28.4 Å². The first-order valence-corrected chi connectivity index (χ1v) is 15.6. The predicted octanol–water partition coefficient (Wildman–Crippen LogP) is 7.57. The monoisotopic (exact) mass is 640 g/mol. The Kier molecular flexibility index (Phi) is 10.7. The number of rotatable bonds is 14. The van der Waals surface area contributed by atoms with E-state index < -0.39 is 0 Å². The highest BCUT2D eigenvalue weighted by molar-refractivity contribution is 6.33. The van der Waals surface area contributed by atoms with Crippen LogP contribution in [-0.4, -0.2) is 43.7 Å². The van der Waals surface area contributed by atoms with Crippen molar-refractivity contribution in [3.8, 4) is 34.1 Å². The van der Waals surface area contributed by atoms with Crippen LogP contribution in [-0.2, 0) is 24.2 Å². The maximum Gasteiger partial charge on any atom is 0.241 e. The number of para-hydroxylation sites is 1. The Balaban J connectivity index is 1.29. The number of ether oxygens (including phenoxy) is 4. The molecule has 46 heavy (non-hydrogen) atoms. The van der Waals surface area contributed by atoms with Gasteiger partial charge in [-0.15, -0.1) is 0 Å². The van der Waals surface area contributed by atoms with E-state index in [0.717, 1.165) is 50.8 Å². The molecule has 0 aliphatic carbocycles. The molecule has 1 radical (unpaired) electrons. The molecule has 0 aliphatic rings. The fourth-order valence-corrected chi connectivity index (χ4v) is 6.04. The summed E-state index contributed by atoms with van der Waals surface area (Å²) in [5, 5.41) is 4.98. The van der Waals surface area contributed by atoms with Crippen LogP contribution in [0.1, 0.15) is 42.3 Å². The molecule has 2 heterocycles. The fraction of sp³-hybridized carbons (Fsp3) is 0.297. The minimum absolute atomic E-state index is 0.149. The molecule has 0 spiro atoms. The van der Waals surface area contributed by atoms with Gasteiger partial charge < -0.3 is 23.3 Å². The lowest BCUT2D eigenvalue weighted by Gasteiger charge is -2.16. The molecule has 5 aromatic rings. The summed E-state index contributed by atoms with van der Waals surface area (Å²) in [4.78, 5) is 17.8. The number of halogens is 1. The van der Waals surface area contributed by atoms with Crippen molar-refractivity contribution in [3.05, 3.63) is 107 Å². The third kappa shape index (κ3) is 7.23. The van der Waals surface area contributed by atoms with E-state index in [4.69, 9.17) is 35.5 Å². The number of carbonyl (C=O) groups is 1. The Hall–Kier alpha value is -4.69. The van der Waals surface area contributed by atoms with Gasteiger partial charge in [0.25, 0.3) is 0 Å². The van der Waals surface area contributed by atoms with Crippen molar-refractivity contribution >= 4 is 23.2 Å². The highest BCUT2D eigenvalue weighted by atomic mass is 35.5. The Bertz CT molecular complexity index is 1820. The molecular weight excluding hydrogens is 602 g/mol. The number of carbonyl (C=O) groups excluding carboxylic acids is 1. The molecule has 1 amide bonds. The molecule has 0 saturated heterocycles. The van der Waals surface area contributed by atoms with E-state index in [1.807, 2.05) is 72.9 Å². The Morgan fingerprint density at radius 2 is 1.61 bits per heavy atom. The Labute approximate surface area is 275 Å². The van der Waals surface area contributed by atoms with Crippen molar-refractivity contribution in [2.75, 3.05) is 28.4 Å². The summed E-state index contributed by atoms with van der Waals surface area (Å²) in [6.07, 6.45) is 4.25. The summed E-state index contributed by atoms with van der Waals surface area (Å²) in [7, 11) is 6.50. The van der Waals surface area contributed by atoms with Crippen LogP contribution in [0.15, 0.2) is 79.0 Å². The molecule has 3 aromatic carbocycles. The van der Waals surface area contributed by atoms with E-state index in [-0.39, 0.29) is 18.4 Å². The van der Waals surface area contributed by atoms with Crippen molar-refractivity contribution in [1.29, 1.82) is 0 Å². The standard InChI is InChI=1S/C37H39ClN3O5/c1-24(20-26-15-17-33(45-4)37(46-5)36(26)38)13-18-35(42)39-23-29-30(41-19-9-8-12-34(41)40-29)22-27-21-25(14-16-31(27)43-2)28-10-6-7-11-32(28)44-3/h6-12,14-17,19,21,24H,13,18,20,22-23H2,1-5H3. The Morgan fingerprint density at radius 1 is 0.870 bits per heavy atom. The van der Waals surface area contributed by atoms with Crippen LogP contribution in [0.5, 0.6) is 23.0 Å². The molecule has 8 nitrogen and oxygen atoms in total. The van der Waals surface area contributed by atoms with Crippen molar-refractivity contribution in [1.82, 2.24) is 14.7 Å². The average Bonchev–Trinajstić information content (AvgIpc) is 3.43. The van der Waals surface area contributed by atoms with E-state index in [0.29, 0.717) is 42.2 Å². The molecule has 239 valence electrons. The molecule has 1 unspecified atom stereocenters. The van der Waals surface area contributed by atoms with Crippen LogP contribution in [0.25, 0.3) is 16.8 Å². The first-order valence-electron chi connectivity index (χ1n) is 15.2. The van der Waals surface area contributed by atoms with Gasteiger partial charge in [0.1, 0.15) is 17.1 Å². The van der Waals surface area contributed by atoms with Crippen molar-refractivity contribution in [2.45, 2.75) is 39.2 Å². The molecular formula is C37H39ClN3O5. The smallest absolute Gasteiger partial charge is 0.241 e. The summed E-state index contributed by atoms with van der Waals surface area (Å²) < 4.78 is 24.2. The molecule has 0 saturated carbocycles. The van der Waals surface area contributed by atoms with Gasteiger partial charge in [-0.2, -0.15) is 0 Å². The second kappa shape index (κ2) is 15.1. The van der Waals surface area contributed by atoms with Gasteiger partial charge in [-0.1, -0.05) is 54.9 Å². The topological polar surface area (TPSA) is 85.4 Å². The molecule has 9 heteroatoms. The van der Waals surface area contributed by atoms with Gasteiger partial charge in [0, 0.05) is 30.2 Å². The predicted molar refractivity (Wildman–Crippen MR) is 180 cm³/mol. The SMILES string of the molecule is COc1ccc(-c2ccccc2OC)cc1Cc1c(C[N]C(=O)CCC(C)Cc2ccc(OC)c(OC)c2Cl)nc2ccccn12. The zero-order chi connectivity index (χ0) is 32.6. The second-order valence-corrected chi connectivity index (χ2v) is 11.5. The van der Waals surface area contributed by atoms with E-state index >= 15 is 0 Å². The average molecular weight is 641 g/mol. The summed E-state index contributed by atoms with van der Waals surface area (Å²) >= 11 is 6.58. The third-order valence-electron chi connectivity index (χ3n) is 8.16. The maximum atomic E-state index is 13.0. The third-order valence-corrected chi connectivity index (χ3v) is 8.57. The lowest BCUT2D eigenvalue weighted by molar-refractivity contribution is -0.121. The number of pyridine rings is 1. The summed E-state index contributed by atoms with van der Waals surface area (Å²) in [6.45, 7) is 2.30. The Morgan fingerprint density at radius 3 is 2.37 bits per heavy atom. The van der Waals surface area contributed by atoms with Crippen molar-refractivity contribution in [3.63, 3.8) is 0 Å². The second-order valence-electron chi connectivity index (χ2n) is 11.2. The number of benzene rings is 3. The molecule has 5 rings (SSSR count).